The molecule has 0 aromatic heterocycles. The van der Waals surface area contributed by atoms with Gasteiger partial charge in [0.1, 0.15) is 0 Å². The molecule has 2 aliphatic heterocycles. The van der Waals surface area contributed by atoms with E-state index in [0.717, 1.165) is 50.9 Å². The van der Waals surface area contributed by atoms with E-state index in [0.29, 0.717) is 15.1 Å². The molecule has 0 spiro atoms. The zero-order valence-corrected chi connectivity index (χ0v) is 84.3. The highest BCUT2D eigenvalue weighted by Gasteiger charge is 2.51. The Hall–Kier alpha value is -10.4. The topological polar surface area (TPSA) is 21.8 Å². The van der Waals surface area contributed by atoms with Gasteiger partial charge in [-0.05, 0) is 251 Å². The van der Waals surface area contributed by atoms with Crippen LogP contribution in [0.2, 0.25) is 15.1 Å². The number of nitrogens with zero attached hydrogens (tertiary/aromatic N) is 3. The Morgan fingerprint density at radius 1 is 0.236 bits per heavy atom. The average Bonchev–Trinajstić information content (AvgIpc) is 0.687. The van der Waals surface area contributed by atoms with E-state index in [-0.39, 0.29) is 43.3 Å². The number of hydrogen-bond donors (Lipinski definition) is 1. The molecule has 14 aromatic carbocycles. The molecule has 16 rings (SSSR count). The van der Waals surface area contributed by atoms with Crippen molar-refractivity contribution in [2.24, 2.45) is 0 Å². The van der Waals surface area contributed by atoms with Gasteiger partial charge in [-0.1, -0.05) is 419 Å². The quantitative estimate of drug-likeness (QED) is 0.130. The Morgan fingerprint density at radius 3 is 0.748 bits per heavy atom. The lowest BCUT2D eigenvalue weighted by atomic mass is 9.86. The molecule has 0 fully saturated rings. The second kappa shape index (κ2) is 35.2. The van der Waals surface area contributed by atoms with Crippen molar-refractivity contribution in [3.63, 3.8) is 0 Å². The minimum absolute atomic E-state index is 0.0264. The molecule has 0 saturated heterocycles. The third-order valence-electron chi connectivity index (χ3n) is 25.7. The van der Waals surface area contributed by atoms with Crippen molar-refractivity contribution < 1.29 is 0 Å². The zero-order chi connectivity index (χ0) is 91.7. The van der Waals surface area contributed by atoms with Crippen molar-refractivity contribution in [2.45, 2.75) is 223 Å². The Labute approximate surface area is 778 Å². The summed E-state index contributed by atoms with van der Waals surface area (Å²) in [5.41, 5.74) is 24.9. The first kappa shape index (κ1) is 92.8. The minimum Gasteiger partial charge on any atom is -0.356 e. The predicted molar refractivity (Wildman–Crippen MR) is 562 cm³/mol. The Bertz CT molecular complexity index is 5940. The molecule has 4 nitrogen and oxygen atoms in total. The Kier molecular flexibility index (Phi) is 25.7. The van der Waals surface area contributed by atoms with E-state index in [2.05, 4.69) is 502 Å². The SMILES string of the molecule is CC(C)(C)c1ccc2c(c1)[Si](c1ccccc1)(c1ccccc1)c1cc(C(C)(C)C)ccc1N2.Cc1cc(Cl)c(Cl)c(N(c2ccc(C(C)(C)C)cc2)c2ccc(C(C)(C)C)cc2)c1.Cc1cc(N(c2ccc(C(C)(C)C)cc2)c2ccc(C(C)(C)C)cc2)c(Cl)c(N2c3ccc(C(C)(C)C)cc3[Si](c3ccccc3)(c3ccccc3)c3cc(C(C)(C)C)ccc32)c1. The van der Waals surface area contributed by atoms with Crippen LogP contribution in [0.5, 0.6) is 0 Å². The summed E-state index contributed by atoms with van der Waals surface area (Å²) < 4.78 is 0. The molecule has 652 valence electrons. The van der Waals surface area contributed by atoms with Gasteiger partial charge in [0.25, 0.3) is 0 Å². The van der Waals surface area contributed by atoms with Crippen LogP contribution < -0.4 is 61.5 Å². The molecule has 0 aliphatic carbocycles. The van der Waals surface area contributed by atoms with Crippen LogP contribution in [-0.2, 0) is 43.3 Å². The summed E-state index contributed by atoms with van der Waals surface area (Å²) in [6, 6.07) is 118. The molecule has 0 unspecified atom stereocenters. The largest absolute Gasteiger partial charge is 0.356 e. The second-order valence-corrected chi connectivity index (χ2v) is 52.1. The van der Waals surface area contributed by atoms with Crippen molar-refractivity contribution in [1.82, 2.24) is 0 Å². The third-order valence-corrected chi connectivity index (χ3v) is 36.5. The van der Waals surface area contributed by atoms with Crippen LogP contribution in [0.15, 0.2) is 315 Å². The molecule has 2 aliphatic rings. The number of halogens is 3. The molecule has 2 heterocycles. The molecule has 0 amide bonds. The number of fused-ring (bicyclic) bond motifs is 4. The van der Waals surface area contributed by atoms with Crippen LogP contribution in [0.25, 0.3) is 0 Å². The van der Waals surface area contributed by atoms with Gasteiger partial charge in [-0.3, -0.25) is 0 Å². The van der Waals surface area contributed by atoms with Gasteiger partial charge in [0.15, 0.2) is 16.1 Å². The molecule has 0 saturated carbocycles. The fourth-order valence-corrected chi connectivity index (χ4v) is 29.2. The van der Waals surface area contributed by atoms with Gasteiger partial charge in [0.2, 0.25) is 0 Å². The smallest absolute Gasteiger partial charge is 0.184 e. The maximum absolute atomic E-state index is 8.09. The van der Waals surface area contributed by atoms with Crippen LogP contribution in [0.3, 0.4) is 0 Å². The van der Waals surface area contributed by atoms with Crippen LogP contribution in [-0.4, -0.2) is 16.1 Å². The fourth-order valence-electron chi connectivity index (χ4n) is 18.2. The summed E-state index contributed by atoms with van der Waals surface area (Å²) in [6.45, 7) is 59.0. The standard InChI is InChI=1S/C59H65ClN2Si.C32H35NSi.C27H31Cl2N/c1-40-36-51(61(45-30-24-41(25-31-45)56(2,3)4)46-32-26-42(27-33-46)57(5,6)7)55(60)52(37-40)62-49-34-28-43(58(8,9)10)38-53(49)63(47-20-16-14-17-21-47,48-22-18-15-19-23-48)54-39-44(59(11,12)13)29-35-50(54)62;1-31(2,3)23-17-19-27-29(21-23)34(25-13-9-7-10-14-25,26-15-11-8-12-16-26)30-22-24(32(4,5)6)18-20-28(30)33-27;1-18-16-23(28)25(29)24(17-18)30(21-12-8-19(9-13-21)26(2,3)4)22-14-10-20(11-15-22)27(5,6)7/h14-39H,1-13H3;7-22,33H,1-6H3;8-17H,1-7H3. The summed E-state index contributed by atoms with van der Waals surface area (Å²) in [5.74, 6) is 0. The van der Waals surface area contributed by atoms with E-state index in [9.17, 15) is 0 Å². The number of anilines is 11. The highest BCUT2D eigenvalue weighted by atomic mass is 35.5. The third kappa shape index (κ3) is 18.8. The summed E-state index contributed by atoms with van der Waals surface area (Å²) in [7, 11) is -5.54. The molecule has 1 N–H and O–H groups in total. The molecule has 14 aromatic rings. The summed E-state index contributed by atoms with van der Waals surface area (Å²) in [6.07, 6.45) is 0. The van der Waals surface area contributed by atoms with E-state index in [1.807, 2.05) is 13.0 Å². The zero-order valence-electron chi connectivity index (χ0n) is 80.0. The van der Waals surface area contributed by atoms with E-state index >= 15 is 0 Å². The van der Waals surface area contributed by atoms with Crippen molar-refractivity contribution in [3.8, 4) is 0 Å². The summed E-state index contributed by atoms with van der Waals surface area (Å²) >= 11 is 21.2. The van der Waals surface area contributed by atoms with Crippen molar-refractivity contribution in [1.29, 1.82) is 0 Å². The van der Waals surface area contributed by atoms with Gasteiger partial charge in [0, 0.05) is 45.5 Å². The maximum atomic E-state index is 8.09. The van der Waals surface area contributed by atoms with Gasteiger partial charge in [0.05, 0.1) is 32.1 Å². The minimum atomic E-state index is -2.98. The predicted octanol–water partition coefficient (Wildman–Crippen LogP) is 29.6. The van der Waals surface area contributed by atoms with Gasteiger partial charge in [-0.15, -0.1) is 0 Å². The van der Waals surface area contributed by atoms with Crippen molar-refractivity contribution >= 4 is 155 Å². The Balaban J connectivity index is 0.000000171. The van der Waals surface area contributed by atoms with Crippen LogP contribution in [0.4, 0.5) is 62.6 Å². The molecule has 0 atom stereocenters. The highest BCUT2D eigenvalue weighted by Crippen LogP contribution is 2.51. The number of rotatable bonds is 11. The van der Waals surface area contributed by atoms with E-state index in [1.165, 1.54) is 109 Å². The number of benzene rings is 14. The van der Waals surface area contributed by atoms with E-state index in [4.69, 9.17) is 34.8 Å². The van der Waals surface area contributed by atoms with Crippen LogP contribution in [0.1, 0.15) is 222 Å². The Morgan fingerprint density at radius 2 is 0.472 bits per heavy atom. The molecular weight excluding hydrogens is 1640 g/mol. The monoisotopic (exact) mass is 1760 g/mol. The average molecular weight is 1770 g/mol. The summed E-state index contributed by atoms with van der Waals surface area (Å²) in [4.78, 5) is 7.02. The van der Waals surface area contributed by atoms with Crippen LogP contribution >= 0.6 is 34.8 Å². The van der Waals surface area contributed by atoms with E-state index < -0.39 is 16.1 Å². The normalized spacial score (nSPS) is 13.7. The fraction of sp³-hybridized carbons (Fsp3) is 0.288. The highest BCUT2D eigenvalue weighted by molar-refractivity contribution is 7.22. The molecule has 9 heteroatoms. The number of hydrogen-bond acceptors (Lipinski definition) is 4. The van der Waals surface area contributed by atoms with Gasteiger partial charge >= 0.3 is 0 Å². The molecular formula is C118H131Cl3N4Si2. The lowest BCUT2D eigenvalue weighted by Gasteiger charge is -2.46. The second-order valence-electron chi connectivity index (χ2n) is 43.5. The van der Waals surface area contributed by atoms with Crippen LogP contribution in [0, 0.1) is 13.8 Å². The van der Waals surface area contributed by atoms with Crippen molar-refractivity contribution in [3.05, 3.63) is 386 Å². The molecule has 127 heavy (non-hydrogen) atoms. The first-order valence-electron chi connectivity index (χ1n) is 45.3. The maximum Gasteiger partial charge on any atom is 0.184 e. The number of aryl methyl sites for hydroxylation is 2. The van der Waals surface area contributed by atoms with E-state index in [1.54, 1.807) is 0 Å². The number of nitrogens with one attached hydrogen (secondary N) is 1. The molecule has 0 bridgehead atoms. The lowest BCUT2D eigenvalue weighted by molar-refractivity contribution is 0.590. The molecule has 0 radical (unpaired) electrons. The summed E-state index contributed by atoms with van der Waals surface area (Å²) in [5, 5.41) is 16.9. The van der Waals surface area contributed by atoms with Crippen molar-refractivity contribution in [2.75, 3.05) is 20.0 Å². The lowest BCUT2D eigenvalue weighted by Crippen LogP contribution is -2.77. The van der Waals surface area contributed by atoms with Gasteiger partial charge < -0.3 is 20.0 Å². The first-order valence-corrected chi connectivity index (χ1v) is 50.4. The van der Waals surface area contributed by atoms with Gasteiger partial charge in [-0.2, -0.15) is 0 Å². The first-order chi connectivity index (χ1) is 59.6. The van der Waals surface area contributed by atoms with Gasteiger partial charge in [-0.25, -0.2) is 0 Å².